The van der Waals surface area contributed by atoms with E-state index in [1.54, 1.807) is 24.4 Å². The number of carbonyl (C=O) groups excluding carboxylic acids is 1. The highest BCUT2D eigenvalue weighted by molar-refractivity contribution is 6.33. The standard InChI is InChI=1S/C33H34ClN7O3/c1-2-31(42)37-25-8-11-29(34)28(21-25)32-30(36-23-6-9-26(10-7-23)40-12-16-43-17-13-40)22-35-33(39-32)38-24-4-3-5-27(20-24)41-14-18-44-19-15-41/h2-11,20-22,36H,1,12-19H2,(H,37,42)(H,35,38,39). The third-order valence-electron chi connectivity index (χ3n) is 7.46. The number of aromatic nitrogens is 2. The van der Waals surface area contributed by atoms with Crippen LogP contribution in [0.2, 0.25) is 5.02 Å². The topological polar surface area (TPSA) is 104 Å². The first kappa shape index (κ1) is 29.4. The molecule has 1 amide bonds. The Morgan fingerprint density at radius 1 is 0.818 bits per heavy atom. The molecule has 2 fully saturated rings. The summed E-state index contributed by atoms with van der Waals surface area (Å²) in [6, 6.07) is 21.6. The van der Waals surface area contributed by atoms with Crippen LogP contribution >= 0.6 is 11.6 Å². The van der Waals surface area contributed by atoms with Crippen LogP contribution in [0, 0.1) is 0 Å². The first-order valence-electron chi connectivity index (χ1n) is 14.6. The average Bonchev–Trinajstić information content (AvgIpc) is 3.07. The Balaban J connectivity index is 1.31. The number of nitrogens with one attached hydrogen (secondary N) is 3. The predicted molar refractivity (Wildman–Crippen MR) is 177 cm³/mol. The lowest BCUT2D eigenvalue weighted by atomic mass is 10.1. The molecule has 4 aromatic rings. The number of amides is 1. The Labute approximate surface area is 261 Å². The first-order chi connectivity index (χ1) is 21.6. The molecule has 0 bridgehead atoms. The van der Waals surface area contributed by atoms with Crippen molar-refractivity contribution in [2.45, 2.75) is 0 Å². The van der Waals surface area contributed by atoms with E-state index >= 15 is 0 Å². The molecule has 0 aliphatic carbocycles. The van der Waals surface area contributed by atoms with Gasteiger partial charge in [-0.2, -0.15) is 0 Å². The zero-order valence-corrected chi connectivity index (χ0v) is 25.0. The van der Waals surface area contributed by atoms with Gasteiger partial charge in [-0.25, -0.2) is 9.97 Å². The monoisotopic (exact) mass is 611 g/mol. The molecule has 2 aliphatic heterocycles. The Kier molecular flexibility index (Phi) is 9.21. The molecule has 0 radical (unpaired) electrons. The van der Waals surface area contributed by atoms with Crippen LogP contribution in [0.5, 0.6) is 0 Å². The molecule has 10 nitrogen and oxygen atoms in total. The van der Waals surface area contributed by atoms with Crippen LogP contribution < -0.4 is 25.8 Å². The number of nitrogens with zero attached hydrogens (tertiary/aromatic N) is 4. The maximum Gasteiger partial charge on any atom is 0.247 e. The molecule has 44 heavy (non-hydrogen) atoms. The van der Waals surface area contributed by atoms with E-state index in [-0.39, 0.29) is 5.91 Å². The number of anilines is 7. The largest absolute Gasteiger partial charge is 0.378 e. The van der Waals surface area contributed by atoms with Crippen molar-refractivity contribution in [1.82, 2.24) is 9.97 Å². The smallest absolute Gasteiger partial charge is 0.247 e. The van der Waals surface area contributed by atoms with Crippen molar-refractivity contribution in [1.29, 1.82) is 0 Å². The van der Waals surface area contributed by atoms with Gasteiger partial charge in [-0.1, -0.05) is 24.2 Å². The van der Waals surface area contributed by atoms with Gasteiger partial charge in [0.15, 0.2) is 0 Å². The first-order valence-corrected chi connectivity index (χ1v) is 14.9. The molecule has 226 valence electrons. The van der Waals surface area contributed by atoms with Crippen LogP contribution in [-0.4, -0.2) is 68.5 Å². The van der Waals surface area contributed by atoms with Crippen molar-refractivity contribution in [3.05, 3.63) is 90.6 Å². The van der Waals surface area contributed by atoms with E-state index in [9.17, 15) is 4.79 Å². The summed E-state index contributed by atoms with van der Waals surface area (Å²) >= 11 is 6.73. The maximum absolute atomic E-state index is 12.0. The zero-order chi connectivity index (χ0) is 30.3. The Morgan fingerprint density at radius 3 is 2.20 bits per heavy atom. The van der Waals surface area contributed by atoms with Crippen LogP contribution in [0.4, 0.5) is 40.1 Å². The van der Waals surface area contributed by atoms with Crippen LogP contribution in [-0.2, 0) is 14.3 Å². The minimum absolute atomic E-state index is 0.317. The molecule has 3 aromatic carbocycles. The summed E-state index contributed by atoms with van der Waals surface area (Å²) in [5.41, 5.74) is 6.41. The van der Waals surface area contributed by atoms with Crippen LogP contribution in [0.1, 0.15) is 0 Å². The quantitative estimate of drug-likeness (QED) is 0.194. The van der Waals surface area contributed by atoms with Gasteiger partial charge in [-0.05, 0) is 66.7 Å². The molecule has 3 N–H and O–H groups in total. The van der Waals surface area contributed by atoms with Gasteiger partial charge in [0.25, 0.3) is 0 Å². The van der Waals surface area contributed by atoms with Crippen LogP contribution in [0.25, 0.3) is 11.3 Å². The molecule has 0 atom stereocenters. The number of hydrogen-bond donors (Lipinski definition) is 3. The van der Waals surface area contributed by atoms with Gasteiger partial charge in [0.1, 0.15) is 5.69 Å². The fourth-order valence-electron chi connectivity index (χ4n) is 5.18. The number of benzene rings is 3. The lowest BCUT2D eigenvalue weighted by Gasteiger charge is -2.29. The lowest BCUT2D eigenvalue weighted by molar-refractivity contribution is -0.111. The van der Waals surface area contributed by atoms with Gasteiger partial charge in [0, 0.05) is 60.2 Å². The second kappa shape index (κ2) is 13.8. The molecule has 3 heterocycles. The zero-order valence-electron chi connectivity index (χ0n) is 24.3. The van der Waals surface area contributed by atoms with Crippen molar-refractivity contribution in [2.24, 2.45) is 0 Å². The maximum atomic E-state index is 12.0. The number of halogens is 1. The molecule has 2 aliphatic rings. The summed E-state index contributed by atoms with van der Waals surface area (Å²) in [6.45, 7) is 9.84. The third kappa shape index (κ3) is 7.11. The molecule has 0 saturated carbocycles. The third-order valence-corrected chi connectivity index (χ3v) is 7.79. The minimum atomic E-state index is -0.317. The highest BCUT2D eigenvalue weighted by Gasteiger charge is 2.17. The van der Waals surface area contributed by atoms with E-state index in [0.717, 1.165) is 62.1 Å². The van der Waals surface area contributed by atoms with E-state index in [0.29, 0.717) is 46.8 Å². The summed E-state index contributed by atoms with van der Waals surface area (Å²) < 4.78 is 11.0. The fraction of sp³-hybridized carbons (Fsp3) is 0.242. The van der Waals surface area contributed by atoms with E-state index in [2.05, 4.69) is 61.6 Å². The summed E-state index contributed by atoms with van der Waals surface area (Å²) in [4.78, 5) is 26.2. The molecular formula is C33H34ClN7O3. The second-order valence-electron chi connectivity index (χ2n) is 10.4. The Bertz CT molecular complexity index is 1620. The molecule has 1 aromatic heterocycles. The van der Waals surface area contributed by atoms with E-state index in [1.165, 1.54) is 6.08 Å². The molecule has 11 heteroatoms. The van der Waals surface area contributed by atoms with Gasteiger partial charge in [-0.3, -0.25) is 4.79 Å². The van der Waals surface area contributed by atoms with Crippen molar-refractivity contribution >= 4 is 57.6 Å². The number of carbonyl (C=O) groups is 1. The highest BCUT2D eigenvalue weighted by atomic mass is 35.5. The van der Waals surface area contributed by atoms with Crippen molar-refractivity contribution in [3.63, 3.8) is 0 Å². The van der Waals surface area contributed by atoms with Crippen molar-refractivity contribution < 1.29 is 14.3 Å². The summed E-state index contributed by atoms with van der Waals surface area (Å²) in [5, 5.41) is 10.1. The van der Waals surface area contributed by atoms with Crippen LogP contribution in [0.15, 0.2) is 85.6 Å². The van der Waals surface area contributed by atoms with E-state index in [4.69, 9.17) is 26.1 Å². The van der Waals surface area contributed by atoms with Crippen molar-refractivity contribution in [3.8, 4) is 11.3 Å². The molecule has 0 unspecified atom stereocenters. The summed E-state index contributed by atoms with van der Waals surface area (Å²) in [6.07, 6.45) is 2.96. The minimum Gasteiger partial charge on any atom is -0.378 e. The molecular weight excluding hydrogens is 578 g/mol. The van der Waals surface area contributed by atoms with Gasteiger partial charge in [0.05, 0.1) is 43.3 Å². The Hall–Kier alpha value is -4.64. The number of morpholine rings is 2. The van der Waals surface area contributed by atoms with Gasteiger partial charge in [0.2, 0.25) is 11.9 Å². The molecule has 2 saturated heterocycles. The van der Waals surface area contributed by atoms with E-state index < -0.39 is 0 Å². The Morgan fingerprint density at radius 2 is 1.50 bits per heavy atom. The fourth-order valence-corrected chi connectivity index (χ4v) is 5.39. The molecule has 6 rings (SSSR count). The highest BCUT2D eigenvalue weighted by Crippen LogP contribution is 2.36. The SMILES string of the molecule is C=CC(=O)Nc1ccc(Cl)c(-c2nc(Nc3cccc(N4CCOCC4)c3)ncc2Nc2ccc(N3CCOCC3)cc2)c1. The van der Waals surface area contributed by atoms with Crippen molar-refractivity contribution in [2.75, 3.05) is 78.4 Å². The average molecular weight is 612 g/mol. The number of rotatable bonds is 9. The van der Waals surface area contributed by atoms with E-state index in [1.807, 2.05) is 24.3 Å². The predicted octanol–water partition coefficient (Wildman–Crippen LogP) is 6.08. The van der Waals surface area contributed by atoms with Crippen LogP contribution in [0.3, 0.4) is 0 Å². The molecule has 0 spiro atoms. The van der Waals surface area contributed by atoms with Gasteiger partial charge in [-0.15, -0.1) is 0 Å². The normalized spacial score (nSPS) is 15.0. The number of ether oxygens (including phenoxy) is 2. The number of hydrogen-bond acceptors (Lipinski definition) is 9. The summed E-state index contributed by atoms with van der Waals surface area (Å²) in [5.74, 6) is 0.0890. The van der Waals surface area contributed by atoms with Gasteiger partial charge >= 0.3 is 0 Å². The second-order valence-corrected chi connectivity index (χ2v) is 10.8. The van der Waals surface area contributed by atoms with Gasteiger partial charge < -0.3 is 35.2 Å². The summed E-state index contributed by atoms with van der Waals surface area (Å²) in [7, 11) is 0. The lowest BCUT2D eigenvalue weighted by Crippen LogP contribution is -2.36.